The van der Waals surface area contributed by atoms with E-state index in [1.807, 2.05) is 34.6 Å². The SMILES string of the molecule is Cc1c(B2OC(C)(C)C(C)(C)O2)cc(F)c2c1NCCO2. The smallest absolute Gasteiger partial charge is 0.486 e. The lowest BCUT2D eigenvalue weighted by Crippen LogP contribution is -2.41. The summed E-state index contributed by atoms with van der Waals surface area (Å²) in [6, 6.07) is 1.46. The molecule has 0 amide bonds. The summed E-state index contributed by atoms with van der Waals surface area (Å²) in [5.74, 6) is -0.0912. The Kier molecular flexibility index (Phi) is 3.22. The molecule has 1 aromatic rings. The number of rotatable bonds is 1. The molecule has 2 heterocycles. The van der Waals surface area contributed by atoms with Crippen LogP contribution >= 0.6 is 0 Å². The molecule has 0 unspecified atom stereocenters. The molecule has 0 bridgehead atoms. The van der Waals surface area contributed by atoms with Crippen molar-refractivity contribution in [1.82, 2.24) is 0 Å². The van der Waals surface area contributed by atoms with Crippen molar-refractivity contribution in [3.63, 3.8) is 0 Å². The molecule has 4 nitrogen and oxygen atoms in total. The molecule has 0 atom stereocenters. The van der Waals surface area contributed by atoms with Crippen molar-refractivity contribution in [2.24, 2.45) is 0 Å². The van der Waals surface area contributed by atoms with Crippen molar-refractivity contribution in [2.45, 2.75) is 45.8 Å². The van der Waals surface area contributed by atoms with Crippen LogP contribution < -0.4 is 15.5 Å². The lowest BCUT2D eigenvalue weighted by molar-refractivity contribution is 0.00578. The molecule has 0 spiro atoms. The van der Waals surface area contributed by atoms with E-state index in [0.29, 0.717) is 30.1 Å². The van der Waals surface area contributed by atoms with Crippen molar-refractivity contribution in [3.8, 4) is 5.75 Å². The molecule has 114 valence electrons. The Labute approximate surface area is 125 Å². The maximum Gasteiger partial charge on any atom is 0.495 e. The Balaban J connectivity index is 2.03. The number of benzene rings is 1. The fourth-order valence-electron chi connectivity index (χ4n) is 2.64. The molecular weight excluding hydrogens is 272 g/mol. The van der Waals surface area contributed by atoms with E-state index in [4.69, 9.17) is 14.0 Å². The second-order valence-electron chi connectivity index (χ2n) is 6.64. The Morgan fingerprint density at radius 3 is 2.43 bits per heavy atom. The van der Waals surface area contributed by atoms with Crippen LogP contribution in [-0.2, 0) is 9.31 Å². The Bertz CT molecular complexity index is 573. The molecule has 0 radical (unpaired) electrons. The van der Waals surface area contributed by atoms with E-state index >= 15 is 0 Å². The molecule has 1 aromatic carbocycles. The summed E-state index contributed by atoms with van der Waals surface area (Å²) < 4.78 is 31.7. The highest BCUT2D eigenvalue weighted by molar-refractivity contribution is 6.62. The van der Waals surface area contributed by atoms with Gasteiger partial charge in [0, 0.05) is 6.54 Å². The van der Waals surface area contributed by atoms with Crippen LogP contribution in [-0.4, -0.2) is 31.5 Å². The lowest BCUT2D eigenvalue weighted by Gasteiger charge is -2.32. The summed E-state index contributed by atoms with van der Waals surface area (Å²) in [5.41, 5.74) is 1.43. The minimum Gasteiger partial charge on any atom is -0.486 e. The van der Waals surface area contributed by atoms with E-state index in [2.05, 4.69) is 5.32 Å². The van der Waals surface area contributed by atoms with Crippen molar-refractivity contribution in [1.29, 1.82) is 0 Å². The average Bonchev–Trinajstić information content (AvgIpc) is 2.63. The zero-order valence-electron chi connectivity index (χ0n) is 13.2. The van der Waals surface area contributed by atoms with Gasteiger partial charge in [-0.2, -0.15) is 0 Å². The summed E-state index contributed by atoms with van der Waals surface area (Å²) in [6.45, 7) is 11.0. The third-order valence-electron chi connectivity index (χ3n) is 4.69. The van der Waals surface area contributed by atoms with Crippen molar-refractivity contribution in [2.75, 3.05) is 18.5 Å². The Morgan fingerprint density at radius 2 is 1.81 bits per heavy atom. The van der Waals surface area contributed by atoms with E-state index in [1.165, 1.54) is 6.07 Å². The van der Waals surface area contributed by atoms with Gasteiger partial charge in [0.05, 0.1) is 16.9 Å². The monoisotopic (exact) mass is 293 g/mol. The number of hydrogen-bond donors (Lipinski definition) is 1. The maximum absolute atomic E-state index is 14.3. The topological polar surface area (TPSA) is 39.7 Å². The fourth-order valence-corrected chi connectivity index (χ4v) is 2.64. The van der Waals surface area contributed by atoms with Crippen LogP contribution in [0.25, 0.3) is 0 Å². The number of ether oxygens (including phenoxy) is 1. The lowest BCUT2D eigenvalue weighted by atomic mass is 9.75. The first kappa shape index (κ1) is 14.7. The molecule has 2 aliphatic rings. The van der Waals surface area contributed by atoms with E-state index in [0.717, 1.165) is 5.56 Å². The molecule has 3 rings (SSSR count). The largest absolute Gasteiger partial charge is 0.495 e. The van der Waals surface area contributed by atoms with Gasteiger partial charge in [-0.25, -0.2) is 4.39 Å². The molecule has 0 saturated carbocycles. The van der Waals surface area contributed by atoms with Crippen LogP contribution in [0, 0.1) is 12.7 Å². The predicted molar refractivity (Wildman–Crippen MR) is 80.8 cm³/mol. The molecule has 6 heteroatoms. The number of hydrogen-bond acceptors (Lipinski definition) is 4. The third-order valence-corrected chi connectivity index (χ3v) is 4.69. The summed E-state index contributed by atoms with van der Waals surface area (Å²) in [6.07, 6.45) is 0. The van der Waals surface area contributed by atoms with Gasteiger partial charge in [-0.3, -0.25) is 0 Å². The van der Waals surface area contributed by atoms with Gasteiger partial charge in [-0.15, -0.1) is 0 Å². The zero-order chi connectivity index (χ0) is 15.4. The van der Waals surface area contributed by atoms with E-state index in [-0.39, 0.29) is 5.82 Å². The van der Waals surface area contributed by atoms with Gasteiger partial charge in [0.15, 0.2) is 11.6 Å². The van der Waals surface area contributed by atoms with E-state index < -0.39 is 18.3 Å². The quantitative estimate of drug-likeness (QED) is 0.806. The van der Waals surface area contributed by atoms with Crippen LogP contribution in [0.5, 0.6) is 5.75 Å². The molecular formula is C15H21BFNO3. The van der Waals surface area contributed by atoms with Gasteiger partial charge in [0.2, 0.25) is 0 Å². The average molecular weight is 293 g/mol. The molecule has 1 N–H and O–H groups in total. The number of halogens is 1. The predicted octanol–water partition coefficient (Wildman–Crippen LogP) is 2.24. The highest BCUT2D eigenvalue weighted by Gasteiger charge is 2.52. The molecule has 1 saturated heterocycles. The van der Waals surface area contributed by atoms with Gasteiger partial charge >= 0.3 is 7.12 Å². The van der Waals surface area contributed by atoms with Gasteiger partial charge in [0.1, 0.15) is 6.61 Å². The minimum atomic E-state index is -0.571. The van der Waals surface area contributed by atoms with Gasteiger partial charge in [0.25, 0.3) is 0 Å². The van der Waals surface area contributed by atoms with Crippen molar-refractivity contribution < 1.29 is 18.4 Å². The minimum absolute atomic E-state index is 0.291. The van der Waals surface area contributed by atoms with Crippen molar-refractivity contribution >= 4 is 18.3 Å². The van der Waals surface area contributed by atoms with E-state index in [9.17, 15) is 4.39 Å². The molecule has 21 heavy (non-hydrogen) atoms. The Hall–Kier alpha value is -1.27. The van der Waals surface area contributed by atoms with Crippen molar-refractivity contribution in [3.05, 3.63) is 17.4 Å². The standard InChI is InChI=1S/C15H21BFNO3/c1-9-10(16-20-14(2,3)15(4,5)21-16)8-11(17)13-12(9)18-6-7-19-13/h8,18H,6-7H2,1-5H3. The van der Waals surface area contributed by atoms with Crippen LogP contribution in [0.3, 0.4) is 0 Å². The molecule has 2 aliphatic heterocycles. The second kappa shape index (κ2) is 4.61. The summed E-state index contributed by atoms with van der Waals surface area (Å²) in [5, 5.41) is 3.20. The summed E-state index contributed by atoms with van der Waals surface area (Å²) in [7, 11) is -0.571. The van der Waals surface area contributed by atoms with Crippen LogP contribution in [0.2, 0.25) is 0 Å². The highest BCUT2D eigenvalue weighted by Crippen LogP contribution is 2.38. The molecule has 0 aromatic heterocycles. The summed E-state index contributed by atoms with van der Waals surface area (Å²) >= 11 is 0. The Morgan fingerprint density at radius 1 is 1.19 bits per heavy atom. The van der Waals surface area contributed by atoms with E-state index in [1.54, 1.807) is 0 Å². The second-order valence-corrected chi connectivity index (χ2v) is 6.64. The highest BCUT2D eigenvalue weighted by atomic mass is 19.1. The van der Waals surface area contributed by atoms with Gasteiger partial charge in [-0.1, -0.05) is 0 Å². The normalized spacial score (nSPS) is 22.5. The van der Waals surface area contributed by atoms with Gasteiger partial charge in [-0.05, 0) is 51.7 Å². The molecule has 1 fully saturated rings. The fraction of sp³-hybridized carbons (Fsp3) is 0.600. The molecule has 0 aliphatic carbocycles. The first-order valence-electron chi connectivity index (χ1n) is 7.28. The first-order valence-corrected chi connectivity index (χ1v) is 7.28. The summed E-state index contributed by atoms with van der Waals surface area (Å²) in [4.78, 5) is 0. The third kappa shape index (κ3) is 2.21. The van der Waals surface area contributed by atoms with Crippen LogP contribution in [0.1, 0.15) is 33.3 Å². The number of fused-ring (bicyclic) bond motifs is 1. The van der Waals surface area contributed by atoms with Crippen LogP contribution in [0.15, 0.2) is 6.07 Å². The van der Waals surface area contributed by atoms with Gasteiger partial charge < -0.3 is 19.4 Å². The van der Waals surface area contributed by atoms with Crippen LogP contribution in [0.4, 0.5) is 10.1 Å². The number of nitrogens with one attached hydrogen (secondary N) is 1. The zero-order valence-corrected chi connectivity index (χ0v) is 13.2. The number of anilines is 1. The maximum atomic E-state index is 14.3. The first-order chi connectivity index (χ1) is 9.73.